The van der Waals surface area contributed by atoms with Gasteiger partial charge in [-0.1, -0.05) is 30.9 Å². The van der Waals surface area contributed by atoms with E-state index in [-0.39, 0.29) is 0 Å². The van der Waals surface area contributed by atoms with Crippen LogP contribution in [0.5, 0.6) is 0 Å². The van der Waals surface area contributed by atoms with Crippen molar-refractivity contribution in [3.8, 4) is 0 Å². The number of hydrogen-bond donors (Lipinski definition) is 0. The lowest BCUT2D eigenvalue weighted by Gasteiger charge is -2.35. The molecular weight excluding hydrogens is 246 g/mol. The Hall–Kier alpha value is -0.830. The van der Waals surface area contributed by atoms with E-state index in [4.69, 9.17) is 11.6 Å². The third-order valence-electron chi connectivity index (χ3n) is 4.09. The first-order valence-electron chi connectivity index (χ1n) is 7.07. The van der Waals surface area contributed by atoms with Crippen LogP contribution in [0.25, 0.3) is 0 Å². The van der Waals surface area contributed by atoms with Gasteiger partial charge < -0.3 is 4.90 Å². The highest BCUT2D eigenvalue weighted by Crippen LogP contribution is 2.36. The third-order valence-corrected chi connectivity index (χ3v) is 4.35. The summed E-state index contributed by atoms with van der Waals surface area (Å²) in [5.74, 6) is 1.81. The summed E-state index contributed by atoms with van der Waals surface area (Å²) in [4.78, 5) is 10.9. The number of anilines is 1. The second-order valence-corrected chi connectivity index (χ2v) is 5.99. The molecule has 0 bridgehead atoms. The van der Waals surface area contributed by atoms with Gasteiger partial charge in [0.2, 0.25) is 0 Å². The lowest BCUT2D eigenvalue weighted by molar-refractivity contribution is 0.408. The van der Waals surface area contributed by atoms with Crippen LogP contribution in [-0.4, -0.2) is 22.6 Å². The molecule has 3 nitrogen and oxygen atoms in total. The highest BCUT2D eigenvalue weighted by Gasteiger charge is 2.30. The molecule has 0 amide bonds. The van der Waals surface area contributed by atoms with Crippen molar-refractivity contribution in [3.63, 3.8) is 0 Å². The van der Waals surface area contributed by atoms with Crippen LogP contribution >= 0.6 is 11.6 Å². The molecule has 1 heterocycles. The molecule has 1 aromatic rings. The predicted molar refractivity (Wildman–Crippen MR) is 74.0 cm³/mol. The SMILES string of the molecule is Clc1cncnc1N(CC1CC1)C1CCCCC1. The van der Waals surface area contributed by atoms with Gasteiger partial charge in [0.15, 0.2) is 5.82 Å². The molecule has 0 atom stereocenters. The van der Waals surface area contributed by atoms with Crippen LogP contribution in [0.1, 0.15) is 44.9 Å². The molecule has 2 fully saturated rings. The third kappa shape index (κ3) is 2.77. The fourth-order valence-corrected chi connectivity index (χ4v) is 3.11. The molecule has 4 heteroatoms. The summed E-state index contributed by atoms with van der Waals surface area (Å²) in [6, 6.07) is 0.631. The number of rotatable bonds is 4. The maximum Gasteiger partial charge on any atom is 0.151 e. The summed E-state index contributed by atoms with van der Waals surface area (Å²) in [6.07, 6.45) is 12.7. The highest BCUT2D eigenvalue weighted by atomic mass is 35.5. The van der Waals surface area contributed by atoms with E-state index in [9.17, 15) is 0 Å². The van der Waals surface area contributed by atoms with E-state index in [0.29, 0.717) is 11.1 Å². The molecule has 0 aromatic carbocycles. The van der Waals surface area contributed by atoms with Gasteiger partial charge >= 0.3 is 0 Å². The van der Waals surface area contributed by atoms with E-state index in [1.54, 1.807) is 12.5 Å². The van der Waals surface area contributed by atoms with E-state index in [2.05, 4.69) is 14.9 Å². The number of nitrogens with zero attached hydrogens (tertiary/aromatic N) is 3. The molecule has 0 radical (unpaired) electrons. The smallest absolute Gasteiger partial charge is 0.151 e. The summed E-state index contributed by atoms with van der Waals surface area (Å²) in [6.45, 7) is 1.13. The van der Waals surface area contributed by atoms with E-state index < -0.39 is 0 Å². The molecule has 0 N–H and O–H groups in total. The maximum atomic E-state index is 6.28. The topological polar surface area (TPSA) is 29.0 Å². The van der Waals surface area contributed by atoms with Crippen molar-refractivity contribution in [2.45, 2.75) is 51.0 Å². The zero-order valence-corrected chi connectivity index (χ0v) is 11.4. The Labute approximate surface area is 114 Å². The lowest BCUT2D eigenvalue weighted by Crippen LogP contribution is -2.39. The average molecular weight is 266 g/mol. The minimum Gasteiger partial charge on any atom is -0.352 e. The average Bonchev–Trinajstić information content (AvgIpc) is 3.22. The molecule has 0 spiro atoms. The molecule has 1 aromatic heterocycles. The van der Waals surface area contributed by atoms with Gasteiger partial charge in [-0.05, 0) is 31.6 Å². The molecule has 2 saturated carbocycles. The normalized spacial score (nSPS) is 20.9. The zero-order valence-electron chi connectivity index (χ0n) is 10.7. The summed E-state index contributed by atoms with van der Waals surface area (Å²) in [5.41, 5.74) is 0. The second-order valence-electron chi connectivity index (χ2n) is 5.58. The number of aromatic nitrogens is 2. The van der Waals surface area contributed by atoms with E-state index in [1.165, 1.54) is 44.9 Å². The monoisotopic (exact) mass is 265 g/mol. The molecule has 3 rings (SSSR count). The first-order valence-corrected chi connectivity index (χ1v) is 7.44. The van der Waals surface area contributed by atoms with Crippen LogP contribution in [-0.2, 0) is 0 Å². The first-order chi connectivity index (χ1) is 8.84. The second kappa shape index (κ2) is 5.43. The van der Waals surface area contributed by atoms with Crippen LogP contribution in [0.15, 0.2) is 12.5 Å². The predicted octanol–water partition coefficient (Wildman–Crippen LogP) is 3.68. The minimum absolute atomic E-state index is 0.631. The summed E-state index contributed by atoms with van der Waals surface area (Å²) in [5, 5.41) is 0.698. The highest BCUT2D eigenvalue weighted by molar-refractivity contribution is 6.32. The molecule has 0 unspecified atom stereocenters. The fourth-order valence-electron chi connectivity index (χ4n) is 2.90. The van der Waals surface area contributed by atoms with Crippen molar-refractivity contribution < 1.29 is 0 Å². The van der Waals surface area contributed by atoms with Crippen LogP contribution in [0.4, 0.5) is 5.82 Å². The van der Waals surface area contributed by atoms with Crippen molar-refractivity contribution in [1.29, 1.82) is 0 Å². The molecule has 98 valence electrons. The van der Waals surface area contributed by atoms with Gasteiger partial charge in [0.1, 0.15) is 11.3 Å². The standard InChI is InChI=1S/C14H20ClN3/c15-13-8-16-10-17-14(13)18(9-11-6-7-11)12-4-2-1-3-5-12/h8,10-12H,1-7,9H2. The van der Waals surface area contributed by atoms with E-state index in [0.717, 1.165) is 18.3 Å². The van der Waals surface area contributed by atoms with Crippen molar-refractivity contribution in [2.75, 3.05) is 11.4 Å². The van der Waals surface area contributed by atoms with Crippen LogP contribution in [0.2, 0.25) is 5.02 Å². The lowest BCUT2D eigenvalue weighted by atomic mass is 9.94. The quantitative estimate of drug-likeness (QED) is 0.832. The Morgan fingerprint density at radius 3 is 2.61 bits per heavy atom. The summed E-state index contributed by atoms with van der Waals surface area (Å²) < 4.78 is 0. The molecule has 2 aliphatic rings. The zero-order chi connectivity index (χ0) is 12.4. The fraction of sp³-hybridized carbons (Fsp3) is 0.714. The van der Waals surface area contributed by atoms with Crippen molar-refractivity contribution in [3.05, 3.63) is 17.5 Å². The van der Waals surface area contributed by atoms with Gasteiger partial charge in [-0.25, -0.2) is 9.97 Å². The van der Waals surface area contributed by atoms with Crippen LogP contribution in [0, 0.1) is 5.92 Å². The molecule has 0 saturated heterocycles. The van der Waals surface area contributed by atoms with Crippen LogP contribution < -0.4 is 4.90 Å². The Morgan fingerprint density at radius 2 is 1.94 bits per heavy atom. The Morgan fingerprint density at radius 1 is 1.17 bits per heavy atom. The Bertz CT molecular complexity index is 400. The summed E-state index contributed by atoms with van der Waals surface area (Å²) >= 11 is 6.28. The van der Waals surface area contributed by atoms with Gasteiger partial charge in [-0.2, -0.15) is 0 Å². The first kappa shape index (κ1) is 12.2. The number of halogens is 1. The van der Waals surface area contributed by atoms with Crippen molar-refractivity contribution >= 4 is 17.4 Å². The number of hydrogen-bond acceptors (Lipinski definition) is 3. The molecule has 2 aliphatic carbocycles. The van der Waals surface area contributed by atoms with Gasteiger partial charge in [-0.3, -0.25) is 0 Å². The van der Waals surface area contributed by atoms with E-state index in [1.807, 2.05) is 0 Å². The van der Waals surface area contributed by atoms with Crippen LogP contribution in [0.3, 0.4) is 0 Å². The largest absolute Gasteiger partial charge is 0.352 e. The Kier molecular flexibility index (Phi) is 3.69. The van der Waals surface area contributed by atoms with Gasteiger partial charge in [0, 0.05) is 12.6 Å². The van der Waals surface area contributed by atoms with Crippen molar-refractivity contribution in [1.82, 2.24) is 9.97 Å². The molecular formula is C14H20ClN3. The minimum atomic E-state index is 0.631. The molecule has 18 heavy (non-hydrogen) atoms. The van der Waals surface area contributed by atoms with E-state index >= 15 is 0 Å². The summed E-state index contributed by atoms with van der Waals surface area (Å²) in [7, 11) is 0. The van der Waals surface area contributed by atoms with Gasteiger partial charge in [0.25, 0.3) is 0 Å². The van der Waals surface area contributed by atoms with Gasteiger partial charge in [0.05, 0.1) is 6.20 Å². The van der Waals surface area contributed by atoms with Crippen molar-refractivity contribution in [2.24, 2.45) is 5.92 Å². The Balaban J connectivity index is 1.81. The van der Waals surface area contributed by atoms with Gasteiger partial charge in [-0.15, -0.1) is 0 Å². The maximum absolute atomic E-state index is 6.28. The molecule has 0 aliphatic heterocycles.